The summed E-state index contributed by atoms with van der Waals surface area (Å²) in [6, 6.07) is 11.6. The summed E-state index contributed by atoms with van der Waals surface area (Å²) in [6.45, 7) is 5.36. The van der Waals surface area contributed by atoms with Gasteiger partial charge in [0.2, 0.25) is 0 Å². The minimum absolute atomic E-state index is 0.578. The zero-order valence-corrected chi connectivity index (χ0v) is 13.1. The van der Waals surface area contributed by atoms with Gasteiger partial charge in [-0.1, -0.05) is 35.3 Å². The third kappa shape index (κ3) is 4.32. The first-order valence-electron chi connectivity index (χ1n) is 6.44. The van der Waals surface area contributed by atoms with Gasteiger partial charge >= 0.3 is 0 Å². The summed E-state index contributed by atoms with van der Waals surface area (Å²) in [5.74, 6) is 0.927. The highest BCUT2D eigenvalue weighted by Gasteiger charge is 2.01. The molecule has 0 spiro atoms. The lowest BCUT2D eigenvalue weighted by Gasteiger charge is -2.11. The molecule has 0 heterocycles. The van der Waals surface area contributed by atoms with E-state index in [1.165, 1.54) is 5.56 Å². The van der Waals surface area contributed by atoms with Gasteiger partial charge in [-0.15, -0.1) is 0 Å². The summed E-state index contributed by atoms with van der Waals surface area (Å²) in [6.07, 6.45) is 0. The van der Waals surface area contributed by atoms with Gasteiger partial charge in [-0.2, -0.15) is 0 Å². The van der Waals surface area contributed by atoms with Gasteiger partial charge in [0.25, 0.3) is 0 Å². The van der Waals surface area contributed by atoms with Crippen LogP contribution in [0.25, 0.3) is 0 Å². The molecule has 0 bridgehead atoms. The topological polar surface area (TPSA) is 21.3 Å². The lowest BCUT2D eigenvalue weighted by molar-refractivity contribution is 0.330. The van der Waals surface area contributed by atoms with Crippen molar-refractivity contribution in [2.75, 3.05) is 18.5 Å². The molecule has 20 heavy (non-hydrogen) atoms. The molecule has 4 heteroatoms. The van der Waals surface area contributed by atoms with Crippen LogP contribution in [-0.2, 0) is 0 Å². The maximum absolute atomic E-state index is 5.94. The van der Waals surface area contributed by atoms with Crippen LogP contribution in [0.4, 0.5) is 5.69 Å². The van der Waals surface area contributed by atoms with Gasteiger partial charge in [-0.25, -0.2) is 0 Å². The Bertz CT molecular complexity index is 579. The second-order valence-corrected chi connectivity index (χ2v) is 5.58. The molecule has 0 aromatic heterocycles. The van der Waals surface area contributed by atoms with Crippen LogP contribution >= 0.6 is 23.2 Å². The molecular weight excluding hydrogens is 293 g/mol. The molecule has 2 aromatic carbocycles. The molecule has 1 N–H and O–H groups in total. The highest BCUT2D eigenvalue weighted by molar-refractivity contribution is 6.35. The molecule has 0 aliphatic heterocycles. The fraction of sp³-hybridized carbons (Fsp3) is 0.250. The van der Waals surface area contributed by atoms with E-state index in [1.54, 1.807) is 6.07 Å². The van der Waals surface area contributed by atoms with E-state index in [1.807, 2.05) is 25.1 Å². The predicted octanol–water partition coefficient (Wildman–Crippen LogP) is 5.10. The largest absolute Gasteiger partial charge is 0.491 e. The quantitative estimate of drug-likeness (QED) is 0.776. The Labute approximate surface area is 129 Å². The fourth-order valence-corrected chi connectivity index (χ4v) is 2.40. The SMILES string of the molecule is Cc1ccc(C)c(OCCNc2cc(Cl)cc(Cl)c2)c1. The summed E-state index contributed by atoms with van der Waals surface area (Å²) >= 11 is 11.9. The summed E-state index contributed by atoms with van der Waals surface area (Å²) in [4.78, 5) is 0. The van der Waals surface area contributed by atoms with E-state index in [0.717, 1.165) is 17.0 Å². The summed E-state index contributed by atoms with van der Waals surface area (Å²) in [7, 11) is 0. The van der Waals surface area contributed by atoms with E-state index in [0.29, 0.717) is 23.2 Å². The van der Waals surface area contributed by atoms with Crippen LogP contribution in [0.2, 0.25) is 10.0 Å². The fourth-order valence-electron chi connectivity index (χ4n) is 1.88. The number of nitrogens with one attached hydrogen (secondary N) is 1. The highest BCUT2D eigenvalue weighted by atomic mass is 35.5. The molecule has 2 aromatic rings. The van der Waals surface area contributed by atoms with Crippen LogP contribution in [0.3, 0.4) is 0 Å². The highest BCUT2D eigenvalue weighted by Crippen LogP contribution is 2.22. The Kier molecular flexibility index (Phi) is 5.16. The normalized spacial score (nSPS) is 10.4. The van der Waals surface area contributed by atoms with E-state index in [-0.39, 0.29) is 0 Å². The van der Waals surface area contributed by atoms with Crippen LogP contribution in [0.5, 0.6) is 5.75 Å². The molecule has 0 unspecified atom stereocenters. The third-order valence-electron chi connectivity index (χ3n) is 2.89. The molecule has 0 aliphatic rings. The molecule has 0 radical (unpaired) electrons. The standard InChI is InChI=1S/C16H17Cl2NO/c1-11-3-4-12(2)16(7-11)20-6-5-19-15-9-13(17)8-14(18)10-15/h3-4,7-10,19H,5-6H2,1-2H3. The molecule has 2 nitrogen and oxygen atoms in total. The van der Waals surface area contributed by atoms with Crippen molar-refractivity contribution in [1.29, 1.82) is 0 Å². The Morgan fingerprint density at radius 1 is 1.00 bits per heavy atom. The number of rotatable bonds is 5. The number of halogens is 2. The maximum atomic E-state index is 5.94. The van der Waals surface area contributed by atoms with Crippen molar-refractivity contribution >= 4 is 28.9 Å². The number of aryl methyl sites for hydroxylation is 2. The first kappa shape index (κ1) is 15.0. The van der Waals surface area contributed by atoms with Crippen molar-refractivity contribution in [2.24, 2.45) is 0 Å². The van der Waals surface area contributed by atoms with Gasteiger partial charge in [-0.05, 0) is 49.2 Å². The van der Waals surface area contributed by atoms with Crippen LogP contribution < -0.4 is 10.1 Å². The van der Waals surface area contributed by atoms with Gasteiger partial charge in [0, 0.05) is 22.3 Å². The number of ether oxygens (including phenoxy) is 1. The maximum Gasteiger partial charge on any atom is 0.122 e. The van der Waals surface area contributed by atoms with E-state index >= 15 is 0 Å². The van der Waals surface area contributed by atoms with Crippen LogP contribution in [-0.4, -0.2) is 13.2 Å². The van der Waals surface area contributed by atoms with Gasteiger partial charge in [0.1, 0.15) is 12.4 Å². The Morgan fingerprint density at radius 3 is 2.40 bits per heavy atom. The first-order chi connectivity index (χ1) is 9.54. The molecule has 106 valence electrons. The van der Waals surface area contributed by atoms with Crippen molar-refractivity contribution in [3.8, 4) is 5.75 Å². The van der Waals surface area contributed by atoms with Gasteiger partial charge in [0.15, 0.2) is 0 Å². The van der Waals surface area contributed by atoms with E-state index in [4.69, 9.17) is 27.9 Å². The van der Waals surface area contributed by atoms with E-state index in [2.05, 4.69) is 24.4 Å². The molecule has 0 fully saturated rings. The summed E-state index contributed by atoms with van der Waals surface area (Å²) in [5, 5.41) is 4.48. The van der Waals surface area contributed by atoms with Gasteiger partial charge in [0.05, 0.1) is 0 Å². The number of anilines is 1. The average molecular weight is 310 g/mol. The van der Waals surface area contributed by atoms with Crippen LogP contribution in [0.15, 0.2) is 36.4 Å². The minimum atomic E-state index is 0.578. The number of hydrogen-bond donors (Lipinski definition) is 1. The molecular formula is C16H17Cl2NO. The summed E-state index contributed by atoms with van der Waals surface area (Å²) in [5.41, 5.74) is 3.23. The number of benzene rings is 2. The second-order valence-electron chi connectivity index (χ2n) is 4.70. The van der Waals surface area contributed by atoms with Crippen molar-refractivity contribution in [3.05, 3.63) is 57.6 Å². The smallest absolute Gasteiger partial charge is 0.122 e. The van der Waals surface area contributed by atoms with Crippen molar-refractivity contribution in [2.45, 2.75) is 13.8 Å². The first-order valence-corrected chi connectivity index (χ1v) is 7.20. The van der Waals surface area contributed by atoms with Crippen molar-refractivity contribution < 1.29 is 4.74 Å². The molecule has 2 rings (SSSR count). The zero-order valence-electron chi connectivity index (χ0n) is 11.5. The lowest BCUT2D eigenvalue weighted by Crippen LogP contribution is -2.12. The molecule has 0 atom stereocenters. The van der Waals surface area contributed by atoms with Gasteiger partial charge < -0.3 is 10.1 Å². The van der Waals surface area contributed by atoms with Crippen LogP contribution in [0.1, 0.15) is 11.1 Å². The predicted molar refractivity (Wildman–Crippen MR) is 86.4 cm³/mol. The van der Waals surface area contributed by atoms with Gasteiger partial charge in [-0.3, -0.25) is 0 Å². The van der Waals surface area contributed by atoms with E-state index in [9.17, 15) is 0 Å². The molecule has 0 amide bonds. The second kappa shape index (κ2) is 6.87. The lowest BCUT2D eigenvalue weighted by atomic mass is 10.1. The third-order valence-corrected chi connectivity index (χ3v) is 3.33. The zero-order chi connectivity index (χ0) is 14.5. The molecule has 0 saturated carbocycles. The molecule has 0 aliphatic carbocycles. The average Bonchev–Trinajstić information content (AvgIpc) is 2.37. The summed E-state index contributed by atoms with van der Waals surface area (Å²) < 4.78 is 5.77. The monoisotopic (exact) mass is 309 g/mol. The molecule has 0 saturated heterocycles. The minimum Gasteiger partial charge on any atom is -0.491 e. The number of hydrogen-bond acceptors (Lipinski definition) is 2. The Balaban J connectivity index is 1.86. The van der Waals surface area contributed by atoms with Crippen molar-refractivity contribution in [3.63, 3.8) is 0 Å². The van der Waals surface area contributed by atoms with Crippen LogP contribution in [0, 0.1) is 13.8 Å². The van der Waals surface area contributed by atoms with Crippen molar-refractivity contribution in [1.82, 2.24) is 0 Å². The Morgan fingerprint density at radius 2 is 1.70 bits per heavy atom. The Hall–Kier alpha value is -1.38. The van der Waals surface area contributed by atoms with E-state index < -0.39 is 0 Å².